The number of nitrogens with one attached hydrogen (secondary N) is 1. The van der Waals surface area contributed by atoms with Crippen molar-refractivity contribution in [1.82, 2.24) is 4.98 Å². The summed E-state index contributed by atoms with van der Waals surface area (Å²) in [5.74, 6) is 0.0841. The minimum Gasteiger partial charge on any atom is -1.00 e. The number of methoxy groups -OCH3 is 1. The first-order valence-electron chi connectivity index (χ1n) is 9.03. The number of benzene rings is 1. The van der Waals surface area contributed by atoms with Crippen LogP contribution in [-0.2, 0) is 27.2 Å². The summed E-state index contributed by atoms with van der Waals surface area (Å²) in [5.41, 5.74) is 4.19. The molecule has 1 aromatic carbocycles. The smallest absolute Gasteiger partial charge is 0.337 e. The predicted octanol–water partition coefficient (Wildman–Crippen LogP) is -0.123. The van der Waals surface area contributed by atoms with Crippen LogP contribution in [0.4, 0.5) is 0 Å². The van der Waals surface area contributed by atoms with Crippen molar-refractivity contribution in [3.05, 3.63) is 54.1 Å². The molecule has 2 aromatic heterocycles. The van der Waals surface area contributed by atoms with E-state index < -0.39 is 0 Å². The Morgan fingerprint density at radius 3 is 2.89 bits per heavy atom. The molecule has 3 atom stereocenters. The third-order valence-corrected chi connectivity index (χ3v) is 5.97. The van der Waals surface area contributed by atoms with Crippen molar-refractivity contribution >= 4 is 27.8 Å². The molecule has 0 unspecified atom stereocenters. The molecule has 2 aliphatic rings. The maximum absolute atomic E-state index is 12.3. The summed E-state index contributed by atoms with van der Waals surface area (Å²) in [6.45, 7) is 2.91. The molecule has 4 heterocycles. The Morgan fingerprint density at radius 1 is 1.26 bits per heavy atom. The van der Waals surface area contributed by atoms with Gasteiger partial charge in [0.2, 0.25) is 5.69 Å². The number of hydrogen-bond donors (Lipinski definition) is 1. The van der Waals surface area contributed by atoms with Gasteiger partial charge in [-0.15, -0.1) is 0 Å². The fraction of sp³-hybridized carbons (Fsp3) is 0.333. The van der Waals surface area contributed by atoms with Gasteiger partial charge in [-0.25, -0.2) is 9.36 Å². The minimum atomic E-state index is -0.288. The summed E-state index contributed by atoms with van der Waals surface area (Å²) < 4.78 is 13.0. The van der Waals surface area contributed by atoms with Gasteiger partial charge in [0, 0.05) is 34.7 Å². The number of halogens is 1. The molecule has 0 amide bonds. The molecule has 3 aromatic rings. The molecule has 0 spiro atoms. The topological polar surface area (TPSA) is 55.2 Å². The molecule has 27 heavy (non-hydrogen) atoms. The van der Waals surface area contributed by atoms with Crippen molar-refractivity contribution in [1.29, 1.82) is 0 Å². The number of aromatic nitrogens is 2. The van der Waals surface area contributed by atoms with Crippen LogP contribution in [0.3, 0.4) is 0 Å². The van der Waals surface area contributed by atoms with Gasteiger partial charge in [-0.3, -0.25) is 0 Å². The standard InChI is InChI=1S/C21H20N2O3.ClH/c1-12-16-10-23-8-7-14-13-5-3-4-6-18(13)22-20(14)19(23)9-15(16)17(11-26-12)21(24)25-2;/h3-8,11-12,15-16H,9-10H2,1-2H3;1H/t12-,15-,16+;/m0./s1. The molecule has 5 rings (SSSR count). The van der Waals surface area contributed by atoms with E-state index in [1.165, 1.54) is 23.6 Å². The maximum Gasteiger partial charge on any atom is 0.337 e. The average molecular weight is 385 g/mol. The molecule has 0 fully saturated rings. The van der Waals surface area contributed by atoms with Crippen molar-refractivity contribution in [2.75, 3.05) is 7.11 Å². The van der Waals surface area contributed by atoms with E-state index >= 15 is 0 Å². The fourth-order valence-electron chi connectivity index (χ4n) is 4.57. The highest BCUT2D eigenvalue weighted by Gasteiger charge is 2.45. The second-order valence-corrected chi connectivity index (χ2v) is 7.25. The Labute approximate surface area is 163 Å². The summed E-state index contributed by atoms with van der Waals surface area (Å²) >= 11 is 0. The first kappa shape index (κ1) is 17.9. The number of H-pyrrole nitrogens is 1. The van der Waals surface area contributed by atoms with Crippen molar-refractivity contribution in [2.45, 2.75) is 26.0 Å². The number of hydrogen-bond acceptors (Lipinski definition) is 3. The molecule has 0 bridgehead atoms. The monoisotopic (exact) mass is 384 g/mol. The minimum absolute atomic E-state index is 0. The quantitative estimate of drug-likeness (QED) is 0.470. The van der Waals surface area contributed by atoms with E-state index in [0.717, 1.165) is 24.0 Å². The zero-order valence-electron chi connectivity index (χ0n) is 15.2. The van der Waals surface area contributed by atoms with Crippen LogP contribution in [0.15, 0.2) is 48.4 Å². The lowest BCUT2D eigenvalue weighted by Gasteiger charge is -2.36. The van der Waals surface area contributed by atoms with Gasteiger partial charge in [-0.2, -0.15) is 0 Å². The summed E-state index contributed by atoms with van der Waals surface area (Å²) in [7, 11) is 1.43. The number of rotatable bonds is 1. The van der Waals surface area contributed by atoms with E-state index in [9.17, 15) is 4.79 Å². The number of carbonyl (C=O) groups excluding carboxylic acids is 1. The van der Waals surface area contributed by atoms with Crippen LogP contribution in [-0.4, -0.2) is 24.2 Å². The van der Waals surface area contributed by atoms with Gasteiger partial charge in [0.25, 0.3) is 0 Å². The van der Waals surface area contributed by atoms with E-state index in [1.807, 2.05) is 6.07 Å². The molecule has 0 saturated heterocycles. The molecule has 0 aliphatic carbocycles. The first-order valence-corrected chi connectivity index (χ1v) is 9.03. The van der Waals surface area contributed by atoms with Crippen LogP contribution in [0.5, 0.6) is 0 Å². The Hall–Kier alpha value is -2.53. The molecular formula is C21H21ClN2O3. The van der Waals surface area contributed by atoms with Crippen LogP contribution in [0.2, 0.25) is 0 Å². The fourth-order valence-corrected chi connectivity index (χ4v) is 4.57. The van der Waals surface area contributed by atoms with Crippen LogP contribution >= 0.6 is 0 Å². The number of pyridine rings is 1. The van der Waals surface area contributed by atoms with E-state index in [0.29, 0.717) is 5.57 Å². The number of para-hydroxylation sites is 1. The molecule has 5 nitrogen and oxygen atoms in total. The number of esters is 1. The van der Waals surface area contributed by atoms with Gasteiger partial charge in [-0.1, -0.05) is 18.2 Å². The highest BCUT2D eigenvalue weighted by Crippen LogP contribution is 2.38. The van der Waals surface area contributed by atoms with Crippen LogP contribution in [0.1, 0.15) is 12.6 Å². The van der Waals surface area contributed by atoms with E-state index in [4.69, 9.17) is 9.47 Å². The first-order chi connectivity index (χ1) is 12.7. The molecular weight excluding hydrogens is 364 g/mol. The number of fused-ring (bicyclic) bond motifs is 6. The molecule has 1 N–H and O–H groups in total. The Balaban J connectivity index is 0.00000180. The second kappa shape index (κ2) is 6.57. The van der Waals surface area contributed by atoms with Crippen molar-refractivity contribution < 1.29 is 31.2 Å². The predicted molar refractivity (Wildman–Crippen MR) is 97.3 cm³/mol. The number of nitrogens with zero attached hydrogens (tertiary/aromatic N) is 1. The van der Waals surface area contributed by atoms with Crippen LogP contribution < -0.4 is 17.0 Å². The Morgan fingerprint density at radius 2 is 2.07 bits per heavy atom. The van der Waals surface area contributed by atoms with Gasteiger partial charge in [-0.05, 0) is 13.0 Å². The van der Waals surface area contributed by atoms with Gasteiger partial charge < -0.3 is 26.9 Å². The van der Waals surface area contributed by atoms with Crippen LogP contribution in [0, 0.1) is 11.8 Å². The second-order valence-electron chi connectivity index (χ2n) is 7.25. The third-order valence-electron chi connectivity index (χ3n) is 5.97. The summed E-state index contributed by atoms with van der Waals surface area (Å²) in [4.78, 5) is 15.8. The Kier molecular flexibility index (Phi) is 4.35. The van der Waals surface area contributed by atoms with Gasteiger partial charge >= 0.3 is 5.97 Å². The number of ether oxygens (including phenoxy) is 2. The van der Waals surface area contributed by atoms with Crippen molar-refractivity contribution in [3.63, 3.8) is 0 Å². The van der Waals surface area contributed by atoms with Crippen molar-refractivity contribution in [3.8, 4) is 0 Å². The van der Waals surface area contributed by atoms with E-state index in [2.05, 4.69) is 46.9 Å². The van der Waals surface area contributed by atoms with Gasteiger partial charge in [0.1, 0.15) is 11.6 Å². The summed E-state index contributed by atoms with van der Waals surface area (Å²) in [6, 6.07) is 10.5. The average Bonchev–Trinajstić information content (AvgIpc) is 3.06. The molecule has 0 saturated carbocycles. The summed E-state index contributed by atoms with van der Waals surface area (Å²) in [5, 5.41) is 2.46. The molecule has 2 aliphatic heterocycles. The zero-order valence-corrected chi connectivity index (χ0v) is 16.0. The third kappa shape index (κ3) is 2.60. The van der Waals surface area contributed by atoms with E-state index in [-0.39, 0.29) is 36.3 Å². The van der Waals surface area contributed by atoms with E-state index in [1.54, 1.807) is 6.26 Å². The van der Waals surface area contributed by atoms with Crippen molar-refractivity contribution in [2.24, 2.45) is 11.8 Å². The highest BCUT2D eigenvalue weighted by molar-refractivity contribution is 6.07. The number of aromatic amines is 1. The normalized spacial score (nSPS) is 23.6. The molecule has 140 valence electrons. The Bertz CT molecular complexity index is 1070. The summed E-state index contributed by atoms with van der Waals surface area (Å²) in [6.07, 6.45) is 4.64. The highest BCUT2D eigenvalue weighted by atomic mass is 35.5. The zero-order chi connectivity index (χ0) is 17.8. The van der Waals surface area contributed by atoms with Gasteiger partial charge in [0.05, 0.1) is 24.9 Å². The lowest BCUT2D eigenvalue weighted by molar-refractivity contribution is -0.717. The van der Waals surface area contributed by atoms with Crippen LogP contribution in [0.25, 0.3) is 21.8 Å². The molecule has 6 heteroatoms. The lowest BCUT2D eigenvalue weighted by Crippen LogP contribution is -3.00. The molecule has 0 radical (unpaired) electrons. The maximum atomic E-state index is 12.3. The SMILES string of the molecule is COC(=O)C1=CO[C@@H](C)[C@H]2C[n+]3ccc4c([nH]c5ccccc54)c3C[C@H]12.[Cl-]. The largest absolute Gasteiger partial charge is 1.00 e. The number of carbonyl (C=O) groups is 1. The van der Waals surface area contributed by atoms with Gasteiger partial charge in [0.15, 0.2) is 12.7 Å². The lowest BCUT2D eigenvalue weighted by atomic mass is 9.76.